The molecule has 0 bridgehead atoms. The van der Waals surface area contributed by atoms with E-state index < -0.39 is 0 Å². The molecule has 0 radical (unpaired) electrons. The molecule has 0 aliphatic carbocycles. The molecule has 1 N–H and O–H groups in total. The minimum Gasteiger partial charge on any atom is -0.383 e. The second-order valence-electron chi connectivity index (χ2n) is 4.27. The molecule has 0 amide bonds. The SMILES string of the molecule is CCC(CC)N(CCOC)c1nc(NC)ncc1Br. The number of methoxy groups -OCH3 is 1. The van der Waals surface area contributed by atoms with Crippen LogP contribution in [0.1, 0.15) is 26.7 Å². The first-order valence-corrected chi connectivity index (χ1v) is 7.43. The van der Waals surface area contributed by atoms with Gasteiger partial charge in [-0.2, -0.15) is 4.98 Å². The fourth-order valence-corrected chi connectivity index (χ4v) is 2.48. The van der Waals surface area contributed by atoms with Gasteiger partial charge in [0.15, 0.2) is 0 Å². The Kier molecular flexibility index (Phi) is 7.09. The Morgan fingerprint density at radius 2 is 2.11 bits per heavy atom. The van der Waals surface area contributed by atoms with Crippen LogP contribution < -0.4 is 10.2 Å². The summed E-state index contributed by atoms with van der Waals surface area (Å²) in [5.74, 6) is 1.55. The van der Waals surface area contributed by atoms with E-state index in [1.165, 1.54) is 0 Å². The van der Waals surface area contributed by atoms with E-state index in [1.54, 1.807) is 13.3 Å². The molecule has 1 aromatic heterocycles. The summed E-state index contributed by atoms with van der Waals surface area (Å²) in [6.07, 6.45) is 3.94. The second kappa shape index (κ2) is 8.32. The first-order chi connectivity index (χ1) is 9.17. The predicted octanol–water partition coefficient (Wildman–Crippen LogP) is 2.92. The molecule has 0 fully saturated rings. The summed E-state index contributed by atoms with van der Waals surface area (Å²) in [6.45, 7) is 5.90. The summed E-state index contributed by atoms with van der Waals surface area (Å²) in [6, 6.07) is 0.450. The van der Waals surface area contributed by atoms with Gasteiger partial charge in [0.25, 0.3) is 0 Å². The summed E-state index contributed by atoms with van der Waals surface area (Å²) in [4.78, 5) is 11.1. The summed E-state index contributed by atoms with van der Waals surface area (Å²) in [7, 11) is 3.54. The molecule has 6 heteroatoms. The topological polar surface area (TPSA) is 50.3 Å². The largest absolute Gasteiger partial charge is 0.383 e. The number of anilines is 2. The maximum atomic E-state index is 5.21. The van der Waals surface area contributed by atoms with Crippen LogP contribution in [-0.2, 0) is 4.74 Å². The van der Waals surface area contributed by atoms with Gasteiger partial charge in [0, 0.05) is 32.9 Å². The van der Waals surface area contributed by atoms with Crippen molar-refractivity contribution in [2.45, 2.75) is 32.7 Å². The lowest BCUT2D eigenvalue weighted by atomic mass is 10.1. The van der Waals surface area contributed by atoms with Gasteiger partial charge in [0.2, 0.25) is 5.95 Å². The third kappa shape index (κ3) is 4.31. The summed E-state index contributed by atoms with van der Waals surface area (Å²) in [5, 5.41) is 2.98. The summed E-state index contributed by atoms with van der Waals surface area (Å²) >= 11 is 3.54. The van der Waals surface area contributed by atoms with Crippen molar-refractivity contribution in [2.75, 3.05) is 37.5 Å². The number of aromatic nitrogens is 2. The zero-order chi connectivity index (χ0) is 14.3. The molecule has 1 aromatic rings. The fraction of sp³-hybridized carbons (Fsp3) is 0.692. The monoisotopic (exact) mass is 330 g/mol. The minimum absolute atomic E-state index is 0.450. The first kappa shape index (κ1) is 16.2. The number of hydrogen-bond acceptors (Lipinski definition) is 5. The highest BCUT2D eigenvalue weighted by atomic mass is 79.9. The van der Waals surface area contributed by atoms with Crippen molar-refractivity contribution in [1.29, 1.82) is 0 Å². The van der Waals surface area contributed by atoms with E-state index in [-0.39, 0.29) is 0 Å². The minimum atomic E-state index is 0.450. The second-order valence-corrected chi connectivity index (χ2v) is 5.13. The van der Waals surface area contributed by atoms with Crippen molar-refractivity contribution in [3.05, 3.63) is 10.7 Å². The van der Waals surface area contributed by atoms with E-state index >= 15 is 0 Å². The Morgan fingerprint density at radius 1 is 1.42 bits per heavy atom. The van der Waals surface area contributed by atoms with E-state index in [1.807, 2.05) is 7.05 Å². The Hall–Kier alpha value is -0.880. The molecule has 1 heterocycles. The first-order valence-electron chi connectivity index (χ1n) is 6.63. The molecule has 0 spiro atoms. The highest BCUT2D eigenvalue weighted by molar-refractivity contribution is 9.10. The number of halogens is 1. The molecule has 1 rings (SSSR count). The molecule has 0 saturated heterocycles. The van der Waals surface area contributed by atoms with Gasteiger partial charge in [-0.15, -0.1) is 0 Å². The van der Waals surface area contributed by atoms with Crippen LogP contribution in [0.3, 0.4) is 0 Å². The van der Waals surface area contributed by atoms with Crippen molar-refractivity contribution in [1.82, 2.24) is 9.97 Å². The van der Waals surface area contributed by atoms with Gasteiger partial charge >= 0.3 is 0 Å². The zero-order valence-corrected chi connectivity index (χ0v) is 13.7. The number of nitrogens with one attached hydrogen (secondary N) is 1. The van der Waals surface area contributed by atoms with Crippen molar-refractivity contribution >= 4 is 27.7 Å². The quantitative estimate of drug-likeness (QED) is 0.794. The molecule has 108 valence electrons. The van der Waals surface area contributed by atoms with Crippen LogP contribution in [0.4, 0.5) is 11.8 Å². The van der Waals surface area contributed by atoms with Crippen molar-refractivity contribution in [3.63, 3.8) is 0 Å². The van der Waals surface area contributed by atoms with Gasteiger partial charge in [0.05, 0.1) is 11.1 Å². The van der Waals surface area contributed by atoms with Crippen LogP contribution in [0.15, 0.2) is 10.7 Å². The van der Waals surface area contributed by atoms with E-state index in [0.717, 1.165) is 29.7 Å². The summed E-state index contributed by atoms with van der Waals surface area (Å²) in [5.41, 5.74) is 0. The maximum Gasteiger partial charge on any atom is 0.224 e. The number of nitrogens with zero attached hydrogens (tertiary/aromatic N) is 3. The molecule has 5 nitrogen and oxygen atoms in total. The average molecular weight is 331 g/mol. The Balaban J connectivity index is 3.07. The molecule has 0 aromatic carbocycles. The van der Waals surface area contributed by atoms with E-state index in [2.05, 4.69) is 50.0 Å². The van der Waals surface area contributed by atoms with Gasteiger partial charge in [-0.25, -0.2) is 4.98 Å². The van der Waals surface area contributed by atoms with Crippen molar-refractivity contribution < 1.29 is 4.74 Å². The molecular weight excluding hydrogens is 308 g/mol. The molecule has 0 saturated carbocycles. The Labute approximate surface area is 123 Å². The van der Waals surface area contributed by atoms with Crippen molar-refractivity contribution in [2.24, 2.45) is 0 Å². The van der Waals surface area contributed by atoms with Gasteiger partial charge in [-0.3, -0.25) is 0 Å². The molecule has 19 heavy (non-hydrogen) atoms. The third-order valence-electron chi connectivity index (χ3n) is 3.14. The fourth-order valence-electron chi connectivity index (χ4n) is 2.06. The Bertz CT molecular complexity index is 385. The van der Waals surface area contributed by atoms with Gasteiger partial charge in [-0.05, 0) is 28.8 Å². The highest BCUT2D eigenvalue weighted by Crippen LogP contribution is 2.27. The van der Waals surface area contributed by atoms with Gasteiger partial charge < -0.3 is 15.0 Å². The molecule has 0 atom stereocenters. The van der Waals surface area contributed by atoms with E-state index in [0.29, 0.717) is 18.6 Å². The smallest absolute Gasteiger partial charge is 0.224 e. The van der Waals surface area contributed by atoms with Crippen LogP contribution in [0.25, 0.3) is 0 Å². The summed E-state index contributed by atoms with van der Waals surface area (Å²) < 4.78 is 6.12. The van der Waals surface area contributed by atoms with Gasteiger partial charge in [0.1, 0.15) is 5.82 Å². The number of rotatable bonds is 8. The normalized spacial score (nSPS) is 10.8. The lowest BCUT2D eigenvalue weighted by molar-refractivity contribution is 0.202. The molecule has 0 aliphatic rings. The predicted molar refractivity (Wildman–Crippen MR) is 82.9 cm³/mol. The molecule has 0 unspecified atom stereocenters. The van der Waals surface area contributed by atoms with Crippen LogP contribution in [-0.4, -0.2) is 43.3 Å². The van der Waals surface area contributed by atoms with E-state index in [9.17, 15) is 0 Å². The highest BCUT2D eigenvalue weighted by Gasteiger charge is 2.20. The lowest BCUT2D eigenvalue weighted by Gasteiger charge is -2.32. The molecular formula is C13H23BrN4O. The molecule has 0 aliphatic heterocycles. The average Bonchev–Trinajstić information content (AvgIpc) is 2.44. The van der Waals surface area contributed by atoms with Crippen LogP contribution in [0.2, 0.25) is 0 Å². The Morgan fingerprint density at radius 3 is 2.63 bits per heavy atom. The standard InChI is InChI=1S/C13H23BrN4O/c1-5-10(6-2)18(7-8-19-4)12-11(14)9-16-13(15-3)17-12/h9-10H,5-8H2,1-4H3,(H,15,16,17). The van der Waals surface area contributed by atoms with Gasteiger partial charge in [-0.1, -0.05) is 13.8 Å². The number of ether oxygens (including phenoxy) is 1. The third-order valence-corrected chi connectivity index (χ3v) is 3.70. The van der Waals surface area contributed by atoms with Crippen molar-refractivity contribution in [3.8, 4) is 0 Å². The number of hydrogen-bond donors (Lipinski definition) is 1. The van der Waals surface area contributed by atoms with Crippen LogP contribution >= 0.6 is 15.9 Å². The van der Waals surface area contributed by atoms with E-state index in [4.69, 9.17) is 4.74 Å². The maximum absolute atomic E-state index is 5.21. The lowest BCUT2D eigenvalue weighted by Crippen LogP contribution is -2.38. The van der Waals surface area contributed by atoms with Crippen LogP contribution in [0, 0.1) is 0 Å². The zero-order valence-electron chi connectivity index (χ0n) is 12.1. The van der Waals surface area contributed by atoms with Crippen LogP contribution in [0.5, 0.6) is 0 Å².